The second kappa shape index (κ2) is 13.2. The molecule has 8 nitrogen and oxygen atoms in total. The van der Waals surface area contributed by atoms with Gasteiger partial charge in [-0.15, -0.1) is 0 Å². The fraction of sp³-hybridized carbons (Fsp3) is 0.553. The van der Waals surface area contributed by atoms with Gasteiger partial charge in [0.05, 0.1) is 51.6 Å². The third-order valence-electron chi connectivity index (χ3n) is 15.1. The topological polar surface area (TPSA) is 84.2 Å². The van der Waals surface area contributed by atoms with Crippen LogP contribution in [0.3, 0.4) is 0 Å². The van der Waals surface area contributed by atoms with Crippen molar-refractivity contribution in [2.45, 2.75) is 129 Å². The third-order valence-corrected chi connectivity index (χ3v) is 15.1. The van der Waals surface area contributed by atoms with Gasteiger partial charge in [-0.1, -0.05) is 72.7 Å². The predicted octanol–water partition coefficient (Wildman–Crippen LogP) is 10.7. The highest BCUT2D eigenvalue weighted by Gasteiger charge is 2.56. The zero-order valence-corrected chi connectivity index (χ0v) is 34.4. The van der Waals surface area contributed by atoms with Gasteiger partial charge in [-0.25, -0.2) is 9.97 Å². The van der Waals surface area contributed by atoms with Crippen LogP contribution in [0.1, 0.15) is 152 Å². The molecule has 1 saturated carbocycles. The van der Waals surface area contributed by atoms with Crippen molar-refractivity contribution in [1.82, 2.24) is 29.7 Å². The number of nitrogens with one attached hydrogen (secondary N) is 2. The van der Waals surface area contributed by atoms with Crippen LogP contribution in [0.4, 0.5) is 5.69 Å². The summed E-state index contributed by atoms with van der Waals surface area (Å²) in [4.78, 5) is 39.3. The van der Waals surface area contributed by atoms with Crippen molar-refractivity contribution in [3.05, 3.63) is 89.0 Å². The van der Waals surface area contributed by atoms with Crippen LogP contribution in [0, 0.1) is 16.7 Å². The molecule has 4 aliphatic rings. The molecule has 2 unspecified atom stereocenters. The fourth-order valence-corrected chi connectivity index (χ4v) is 10.8. The Kier molecular flexibility index (Phi) is 8.76. The minimum Gasteiger partial charge on any atom is -0.357 e. The summed E-state index contributed by atoms with van der Waals surface area (Å²) in [6.45, 7) is 17.9. The second-order valence-corrected chi connectivity index (χ2v) is 19.4. The largest absolute Gasteiger partial charge is 0.357 e. The Morgan fingerprint density at radius 1 is 0.727 bits per heavy atom. The summed E-state index contributed by atoms with van der Waals surface area (Å²) in [5.41, 5.74) is 9.15. The summed E-state index contributed by atoms with van der Waals surface area (Å²) < 4.78 is 0. The van der Waals surface area contributed by atoms with Crippen molar-refractivity contribution in [3.8, 4) is 0 Å². The van der Waals surface area contributed by atoms with E-state index in [4.69, 9.17) is 9.97 Å². The maximum Gasteiger partial charge on any atom is 0.229 e. The van der Waals surface area contributed by atoms with Crippen molar-refractivity contribution in [3.63, 3.8) is 0 Å². The number of aromatic nitrogens is 4. The van der Waals surface area contributed by atoms with E-state index in [1.54, 1.807) is 0 Å². The van der Waals surface area contributed by atoms with E-state index in [-0.39, 0.29) is 34.4 Å². The molecule has 0 spiro atoms. The first-order chi connectivity index (χ1) is 26.2. The molecule has 1 aliphatic carbocycles. The summed E-state index contributed by atoms with van der Waals surface area (Å²) in [5, 5.41) is 0. The Labute approximate surface area is 327 Å². The number of rotatable bonds is 6. The van der Waals surface area contributed by atoms with Gasteiger partial charge in [0.15, 0.2) is 0 Å². The van der Waals surface area contributed by atoms with Crippen molar-refractivity contribution in [2.75, 3.05) is 25.0 Å². The zero-order chi connectivity index (χ0) is 38.4. The molecule has 290 valence electrons. The van der Waals surface area contributed by atoms with Crippen molar-refractivity contribution in [1.29, 1.82) is 0 Å². The number of imidazole rings is 2. The zero-order valence-electron chi connectivity index (χ0n) is 34.4. The number of benzene rings is 3. The van der Waals surface area contributed by atoms with E-state index in [0.29, 0.717) is 17.9 Å². The normalized spacial score (nSPS) is 28.7. The number of hydrogen-bond donors (Lipinski definition) is 2. The number of amides is 1. The molecule has 4 fully saturated rings. The van der Waals surface area contributed by atoms with Gasteiger partial charge in [0.1, 0.15) is 11.6 Å². The van der Waals surface area contributed by atoms with Crippen LogP contribution in [0.25, 0.3) is 22.1 Å². The number of fused-ring (bicyclic) bond motifs is 2. The molecule has 8 heteroatoms. The monoisotopic (exact) mass is 739 g/mol. The first-order valence-corrected chi connectivity index (χ1v) is 21.1. The fourth-order valence-electron chi connectivity index (χ4n) is 10.8. The summed E-state index contributed by atoms with van der Waals surface area (Å²) in [5.74, 6) is 2.87. The second-order valence-electron chi connectivity index (χ2n) is 19.4. The lowest BCUT2D eigenvalue weighted by Crippen LogP contribution is -2.48. The van der Waals surface area contributed by atoms with Crippen LogP contribution in [-0.4, -0.2) is 55.8 Å². The van der Waals surface area contributed by atoms with Crippen LogP contribution in [0.2, 0.25) is 0 Å². The highest BCUT2D eigenvalue weighted by Crippen LogP contribution is 2.57. The van der Waals surface area contributed by atoms with E-state index in [1.165, 1.54) is 28.8 Å². The highest BCUT2D eigenvalue weighted by molar-refractivity contribution is 5.85. The van der Waals surface area contributed by atoms with Crippen LogP contribution in [0.15, 0.2) is 60.7 Å². The Morgan fingerprint density at radius 3 is 1.82 bits per heavy atom. The average Bonchev–Trinajstić information content (AvgIpc) is 4.02. The van der Waals surface area contributed by atoms with E-state index >= 15 is 0 Å². The lowest BCUT2D eigenvalue weighted by Gasteiger charge is -2.43. The van der Waals surface area contributed by atoms with Gasteiger partial charge in [0.25, 0.3) is 0 Å². The van der Waals surface area contributed by atoms with Crippen LogP contribution >= 0.6 is 0 Å². The maximum absolute atomic E-state index is 14.4. The third kappa shape index (κ3) is 6.00. The summed E-state index contributed by atoms with van der Waals surface area (Å²) in [6, 6.07) is 23.8. The van der Waals surface area contributed by atoms with Gasteiger partial charge >= 0.3 is 0 Å². The van der Waals surface area contributed by atoms with Crippen LogP contribution < -0.4 is 4.90 Å². The lowest BCUT2D eigenvalue weighted by molar-refractivity contribution is -0.148. The molecule has 55 heavy (non-hydrogen) atoms. The van der Waals surface area contributed by atoms with Crippen molar-refractivity contribution >= 4 is 33.7 Å². The lowest BCUT2D eigenvalue weighted by atomic mass is 9.65. The molecule has 3 aromatic carbocycles. The molecule has 6 atom stereocenters. The Hall–Kier alpha value is -4.17. The molecule has 3 aliphatic heterocycles. The Bertz CT molecular complexity index is 2230. The van der Waals surface area contributed by atoms with Gasteiger partial charge < -0.3 is 19.8 Å². The highest BCUT2D eigenvalue weighted by atomic mass is 16.2. The Morgan fingerprint density at radius 2 is 1.29 bits per heavy atom. The van der Waals surface area contributed by atoms with E-state index in [0.717, 1.165) is 91.8 Å². The molecule has 0 radical (unpaired) electrons. The summed E-state index contributed by atoms with van der Waals surface area (Å²) in [6.07, 6.45) is 8.52. The molecular weight excluding hydrogens is 679 g/mol. The number of anilines is 1. The smallest absolute Gasteiger partial charge is 0.229 e. The first-order valence-electron chi connectivity index (χ1n) is 21.1. The van der Waals surface area contributed by atoms with E-state index < -0.39 is 0 Å². The molecule has 9 rings (SSSR count). The standard InChI is InChI=1S/C47H61N7O/c1-29-23-24-47(7,46(29,5)6)44(55)53-26-10-12-41(53)43-49-35-20-14-31(28-37(35)51-43)39-22-21-38(54(39)33-17-15-32(16-18-33)45(2,3)4)30-13-19-34-36(27-30)50-42(48-34)40-11-9-25-52(40)8/h13-20,27-29,38-41H,9-12,21-26H2,1-8H3,(H,48,50)(H,49,51)/t29?,38?,39-,40+,41+,47-/m1/s1. The summed E-state index contributed by atoms with van der Waals surface area (Å²) in [7, 11) is 2.21. The molecule has 3 saturated heterocycles. The Balaban J connectivity index is 1.04. The van der Waals surface area contributed by atoms with Crippen LogP contribution in [0.5, 0.6) is 0 Å². The van der Waals surface area contributed by atoms with Crippen molar-refractivity contribution in [2.24, 2.45) is 16.7 Å². The molecule has 0 bridgehead atoms. The number of carbonyl (C=O) groups is 1. The number of hydrogen-bond acceptors (Lipinski definition) is 5. The van der Waals surface area contributed by atoms with Crippen molar-refractivity contribution < 1.29 is 4.79 Å². The minimum atomic E-state index is -0.349. The molecule has 5 heterocycles. The first kappa shape index (κ1) is 36.5. The minimum absolute atomic E-state index is 0.00689. The SMILES string of the molecule is CC1CC[C@](C)(C(=O)N2CCC[C@H]2c2nc3ccc([C@H]4CCC(c5ccc6nc([C@@H]7CCCN7C)[nH]c6c5)N4c4ccc(C(C)(C)C)cc4)cc3[nH]2)C1(C)C. The van der Waals surface area contributed by atoms with Gasteiger partial charge in [0, 0.05) is 12.2 Å². The molecule has 2 N–H and O–H groups in total. The predicted molar refractivity (Wildman–Crippen MR) is 223 cm³/mol. The van der Waals surface area contributed by atoms with Gasteiger partial charge in [0.2, 0.25) is 5.91 Å². The maximum atomic E-state index is 14.4. The molecular formula is C47H61N7O. The number of likely N-dealkylation sites (tertiary alicyclic amines) is 2. The molecule has 1 amide bonds. The van der Waals surface area contributed by atoms with E-state index in [2.05, 4.69) is 141 Å². The van der Waals surface area contributed by atoms with Gasteiger partial charge in [-0.2, -0.15) is 0 Å². The van der Waals surface area contributed by atoms with E-state index in [1.807, 2.05) is 0 Å². The average molecular weight is 740 g/mol. The van der Waals surface area contributed by atoms with Gasteiger partial charge in [-0.05, 0) is 135 Å². The van der Waals surface area contributed by atoms with E-state index in [9.17, 15) is 4.79 Å². The quantitative estimate of drug-likeness (QED) is 0.181. The van der Waals surface area contributed by atoms with Gasteiger partial charge in [-0.3, -0.25) is 9.69 Å². The number of carbonyl (C=O) groups excluding carboxylic acids is 1. The summed E-state index contributed by atoms with van der Waals surface area (Å²) >= 11 is 0. The van der Waals surface area contributed by atoms with Crippen LogP contribution in [-0.2, 0) is 10.2 Å². The number of H-pyrrole nitrogens is 2. The molecule has 2 aromatic heterocycles. The number of aromatic amines is 2. The molecule has 5 aromatic rings. The number of nitrogens with zero attached hydrogens (tertiary/aromatic N) is 5.